The monoisotopic (exact) mass is 139 g/mol. The molecule has 0 bridgehead atoms. The molecule has 3 heteroatoms. The Kier molecular flexibility index (Phi) is 2.42. The van der Waals surface area contributed by atoms with Crippen molar-refractivity contribution in [2.75, 3.05) is 0 Å². The molecule has 0 spiro atoms. The van der Waals surface area contributed by atoms with Crippen molar-refractivity contribution < 1.29 is 0 Å². The van der Waals surface area contributed by atoms with E-state index in [0.29, 0.717) is 6.04 Å². The van der Waals surface area contributed by atoms with Crippen LogP contribution in [-0.4, -0.2) is 18.2 Å². The summed E-state index contributed by atoms with van der Waals surface area (Å²) < 4.78 is 0. The summed E-state index contributed by atoms with van der Waals surface area (Å²) >= 11 is 0. The van der Waals surface area contributed by atoms with Crippen LogP contribution in [0.4, 0.5) is 0 Å². The Hall–Kier alpha value is -0.860. The minimum absolute atomic E-state index is 0.531. The van der Waals surface area contributed by atoms with Crippen molar-refractivity contribution in [2.45, 2.75) is 32.2 Å². The molecule has 0 aromatic heterocycles. The maximum absolute atomic E-state index is 5.09. The summed E-state index contributed by atoms with van der Waals surface area (Å²) in [7, 11) is 0. The standard InChI is InChI=1S/C7H13N3/c1-6(9-5-8)10-7-3-2-4-7/h5,7H,2-4H2,1H3,(H2,8,9,10). The molecule has 2 N–H and O–H groups in total. The van der Waals surface area contributed by atoms with Crippen LogP contribution in [0.5, 0.6) is 0 Å². The van der Waals surface area contributed by atoms with Gasteiger partial charge in [0.1, 0.15) is 5.84 Å². The van der Waals surface area contributed by atoms with Gasteiger partial charge in [0.15, 0.2) is 0 Å². The van der Waals surface area contributed by atoms with Crippen LogP contribution in [0.15, 0.2) is 9.98 Å². The fourth-order valence-electron chi connectivity index (χ4n) is 0.921. The molecule has 0 amide bonds. The van der Waals surface area contributed by atoms with E-state index in [9.17, 15) is 0 Å². The van der Waals surface area contributed by atoms with Gasteiger partial charge in [-0.15, -0.1) is 0 Å². The topological polar surface area (TPSA) is 50.7 Å². The molecule has 0 aromatic carbocycles. The third kappa shape index (κ3) is 1.83. The molecule has 56 valence electrons. The normalized spacial score (nSPS) is 21.5. The molecule has 1 aliphatic carbocycles. The van der Waals surface area contributed by atoms with Crippen molar-refractivity contribution in [2.24, 2.45) is 15.7 Å². The highest BCUT2D eigenvalue weighted by Gasteiger charge is 2.15. The van der Waals surface area contributed by atoms with Crippen molar-refractivity contribution in [3.8, 4) is 0 Å². The SMILES string of the molecule is CC(N=CN)=NC1CCC1. The zero-order valence-electron chi connectivity index (χ0n) is 6.25. The molecule has 0 unspecified atom stereocenters. The first-order chi connectivity index (χ1) is 4.83. The van der Waals surface area contributed by atoms with Gasteiger partial charge < -0.3 is 5.73 Å². The minimum atomic E-state index is 0.531. The van der Waals surface area contributed by atoms with Gasteiger partial charge in [-0.05, 0) is 26.2 Å². The first-order valence-electron chi connectivity index (χ1n) is 3.61. The summed E-state index contributed by atoms with van der Waals surface area (Å²) in [5.74, 6) is 0.798. The zero-order chi connectivity index (χ0) is 7.40. The lowest BCUT2D eigenvalue weighted by atomic mass is 9.94. The van der Waals surface area contributed by atoms with Gasteiger partial charge >= 0.3 is 0 Å². The number of amidine groups is 1. The summed E-state index contributed by atoms with van der Waals surface area (Å²) in [6.45, 7) is 1.88. The summed E-state index contributed by atoms with van der Waals surface area (Å²) in [4.78, 5) is 8.16. The van der Waals surface area contributed by atoms with Gasteiger partial charge in [0, 0.05) is 0 Å². The smallest absolute Gasteiger partial charge is 0.122 e. The van der Waals surface area contributed by atoms with Crippen molar-refractivity contribution in [1.82, 2.24) is 0 Å². The number of aliphatic imine (C=N–C) groups is 2. The Morgan fingerprint density at radius 2 is 2.30 bits per heavy atom. The molecular formula is C7H13N3. The van der Waals surface area contributed by atoms with E-state index >= 15 is 0 Å². The summed E-state index contributed by atoms with van der Waals surface area (Å²) in [6, 6.07) is 0.531. The summed E-state index contributed by atoms with van der Waals surface area (Å²) in [6.07, 6.45) is 5.04. The van der Waals surface area contributed by atoms with E-state index in [1.54, 1.807) is 0 Å². The Morgan fingerprint density at radius 1 is 1.60 bits per heavy atom. The maximum atomic E-state index is 5.09. The molecule has 1 rings (SSSR count). The van der Waals surface area contributed by atoms with E-state index in [4.69, 9.17) is 5.73 Å². The number of hydrogen-bond acceptors (Lipinski definition) is 1. The number of rotatable bonds is 1. The largest absolute Gasteiger partial charge is 0.390 e. The van der Waals surface area contributed by atoms with Crippen molar-refractivity contribution >= 4 is 12.2 Å². The van der Waals surface area contributed by atoms with Crippen molar-refractivity contribution in [3.05, 3.63) is 0 Å². The predicted molar refractivity (Wildman–Crippen MR) is 43.4 cm³/mol. The van der Waals surface area contributed by atoms with E-state index in [0.717, 1.165) is 5.84 Å². The quantitative estimate of drug-likeness (QED) is 0.426. The van der Waals surface area contributed by atoms with E-state index in [2.05, 4.69) is 9.98 Å². The van der Waals surface area contributed by atoms with Crippen LogP contribution in [0.2, 0.25) is 0 Å². The molecule has 10 heavy (non-hydrogen) atoms. The van der Waals surface area contributed by atoms with Crippen LogP contribution in [0.1, 0.15) is 26.2 Å². The Morgan fingerprint density at radius 3 is 2.70 bits per heavy atom. The van der Waals surface area contributed by atoms with Crippen molar-refractivity contribution in [3.63, 3.8) is 0 Å². The zero-order valence-corrected chi connectivity index (χ0v) is 6.25. The highest BCUT2D eigenvalue weighted by Crippen LogP contribution is 2.21. The molecule has 0 saturated heterocycles. The molecule has 0 radical (unpaired) electrons. The number of nitrogens with two attached hydrogens (primary N) is 1. The summed E-state index contributed by atoms with van der Waals surface area (Å²) in [5.41, 5.74) is 5.09. The third-order valence-electron chi connectivity index (χ3n) is 1.71. The van der Waals surface area contributed by atoms with E-state index in [-0.39, 0.29) is 0 Å². The van der Waals surface area contributed by atoms with E-state index < -0.39 is 0 Å². The second-order valence-corrected chi connectivity index (χ2v) is 2.54. The lowest BCUT2D eigenvalue weighted by Crippen LogP contribution is -2.16. The Bertz CT molecular complexity index is 156. The second-order valence-electron chi connectivity index (χ2n) is 2.54. The van der Waals surface area contributed by atoms with Gasteiger partial charge in [-0.1, -0.05) is 0 Å². The molecule has 1 aliphatic rings. The van der Waals surface area contributed by atoms with Crippen LogP contribution in [0.25, 0.3) is 0 Å². The first-order valence-corrected chi connectivity index (χ1v) is 3.61. The summed E-state index contributed by atoms with van der Waals surface area (Å²) in [5, 5.41) is 0. The number of hydrogen-bond donors (Lipinski definition) is 1. The minimum Gasteiger partial charge on any atom is -0.390 e. The van der Waals surface area contributed by atoms with Crippen LogP contribution in [-0.2, 0) is 0 Å². The molecule has 0 aliphatic heterocycles. The van der Waals surface area contributed by atoms with E-state index in [1.807, 2.05) is 6.92 Å². The molecule has 0 atom stereocenters. The molecule has 0 heterocycles. The Labute approximate surface area is 61.1 Å². The second kappa shape index (κ2) is 3.34. The van der Waals surface area contributed by atoms with Crippen molar-refractivity contribution in [1.29, 1.82) is 0 Å². The molecule has 1 fully saturated rings. The molecular weight excluding hydrogens is 126 g/mol. The Balaban J connectivity index is 2.36. The fraction of sp³-hybridized carbons (Fsp3) is 0.714. The number of nitrogens with zero attached hydrogens (tertiary/aromatic N) is 2. The molecule has 3 nitrogen and oxygen atoms in total. The lowest BCUT2D eigenvalue weighted by molar-refractivity contribution is 0.420. The highest BCUT2D eigenvalue weighted by atomic mass is 15.0. The fourth-order valence-corrected chi connectivity index (χ4v) is 0.921. The lowest BCUT2D eigenvalue weighted by Gasteiger charge is -2.20. The van der Waals surface area contributed by atoms with Gasteiger partial charge in [0.05, 0.1) is 12.4 Å². The van der Waals surface area contributed by atoms with Crippen LogP contribution in [0, 0.1) is 0 Å². The average molecular weight is 139 g/mol. The molecule has 0 aromatic rings. The third-order valence-corrected chi connectivity index (χ3v) is 1.71. The van der Waals surface area contributed by atoms with Gasteiger partial charge in [0.2, 0.25) is 0 Å². The average Bonchev–Trinajstić information content (AvgIpc) is 1.80. The van der Waals surface area contributed by atoms with Gasteiger partial charge in [-0.2, -0.15) is 0 Å². The van der Waals surface area contributed by atoms with Crippen LogP contribution < -0.4 is 5.73 Å². The van der Waals surface area contributed by atoms with Gasteiger partial charge in [-0.25, -0.2) is 4.99 Å². The maximum Gasteiger partial charge on any atom is 0.122 e. The predicted octanol–water partition coefficient (Wildman–Crippen LogP) is 0.944. The highest BCUT2D eigenvalue weighted by molar-refractivity contribution is 5.86. The van der Waals surface area contributed by atoms with Crippen LogP contribution in [0.3, 0.4) is 0 Å². The molecule has 1 saturated carbocycles. The van der Waals surface area contributed by atoms with E-state index in [1.165, 1.54) is 25.6 Å². The van der Waals surface area contributed by atoms with Gasteiger partial charge in [-0.3, -0.25) is 4.99 Å². The van der Waals surface area contributed by atoms with Crippen LogP contribution >= 0.6 is 0 Å². The first kappa shape index (κ1) is 7.25. The van der Waals surface area contributed by atoms with Gasteiger partial charge in [0.25, 0.3) is 0 Å².